The van der Waals surface area contributed by atoms with Crippen molar-refractivity contribution in [2.24, 2.45) is 0 Å². The molecule has 0 aromatic heterocycles. The van der Waals surface area contributed by atoms with Crippen LogP contribution in [0.5, 0.6) is 0 Å². The number of esters is 1. The van der Waals surface area contributed by atoms with Crippen molar-refractivity contribution in [3.05, 3.63) is 70.5 Å². The van der Waals surface area contributed by atoms with E-state index in [-0.39, 0.29) is 17.9 Å². The molecule has 1 heterocycles. The molecular weight excluding hydrogens is 477 g/mol. The van der Waals surface area contributed by atoms with Crippen molar-refractivity contribution >= 4 is 28.0 Å². The number of rotatable bonds is 4. The molecule has 1 N–H and O–H groups in total. The van der Waals surface area contributed by atoms with E-state index in [4.69, 9.17) is 9.47 Å². The summed E-state index contributed by atoms with van der Waals surface area (Å²) in [7, 11) is 0. The lowest BCUT2D eigenvalue weighted by atomic mass is 10.2. The van der Waals surface area contributed by atoms with Crippen LogP contribution in [0.2, 0.25) is 0 Å². The Bertz CT molecular complexity index is 774. The fourth-order valence-electron chi connectivity index (χ4n) is 2.15. The van der Waals surface area contributed by atoms with Crippen LogP contribution in [0.3, 0.4) is 0 Å². The van der Waals surface area contributed by atoms with Crippen LogP contribution in [0.25, 0.3) is 0 Å². The maximum Gasteiger partial charge on any atom is 0.407 e. The van der Waals surface area contributed by atoms with Crippen molar-refractivity contribution in [2.75, 3.05) is 6.54 Å². The molecular formula is C25H35BrFNO4. The molecule has 5 nitrogen and oxygen atoms in total. The molecule has 7 heteroatoms. The van der Waals surface area contributed by atoms with Crippen LogP contribution < -0.4 is 5.32 Å². The van der Waals surface area contributed by atoms with Gasteiger partial charge in [-0.15, -0.1) is 0 Å². The largest absolute Gasteiger partial charge is 0.460 e. The summed E-state index contributed by atoms with van der Waals surface area (Å²) in [5, 5.41) is 2.56. The van der Waals surface area contributed by atoms with Gasteiger partial charge in [-0.3, -0.25) is 4.79 Å². The van der Waals surface area contributed by atoms with Gasteiger partial charge in [0.05, 0.1) is 6.54 Å². The number of aryl methyl sites for hydroxylation is 1. The number of hydrogen-bond acceptors (Lipinski definition) is 4. The average Bonchev–Trinajstić information content (AvgIpc) is 3.13. The van der Waals surface area contributed by atoms with Gasteiger partial charge in [0.15, 0.2) is 0 Å². The van der Waals surface area contributed by atoms with Gasteiger partial charge in [-0.25, -0.2) is 9.18 Å². The Kier molecular flexibility index (Phi) is 14.2. The van der Waals surface area contributed by atoms with Crippen LogP contribution in [0.1, 0.15) is 53.0 Å². The van der Waals surface area contributed by atoms with E-state index in [1.807, 2.05) is 12.1 Å². The van der Waals surface area contributed by atoms with Crippen molar-refractivity contribution in [1.29, 1.82) is 0 Å². The Morgan fingerprint density at radius 1 is 1.34 bits per heavy atom. The van der Waals surface area contributed by atoms with Crippen molar-refractivity contribution in [3.63, 3.8) is 0 Å². The Morgan fingerprint density at radius 2 is 1.94 bits per heavy atom. The number of amides is 1. The van der Waals surface area contributed by atoms with Crippen LogP contribution in [0.4, 0.5) is 9.18 Å². The molecule has 32 heavy (non-hydrogen) atoms. The Labute approximate surface area is 199 Å². The predicted molar refractivity (Wildman–Crippen MR) is 131 cm³/mol. The molecule has 178 valence electrons. The third-order valence-electron chi connectivity index (χ3n) is 3.85. The van der Waals surface area contributed by atoms with Crippen molar-refractivity contribution < 1.29 is 23.5 Å². The summed E-state index contributed by atoms with van der Waals surface area (Å²) in [6.07, 6.45) is 4.97. The van der Waals surface area contributed by atoms with E-state index in [2.05, 4.69) is 46.9 Å². The van der Waals surface area contributed by atoms with Crippen molar-refractivity contribution in [1.82, 2.24) is 5.32 Å². The molecule has 0 spiro atoms. The van der Waals surface area contributed by atoms with Crippen molar-refractivity contribution in [2.45, 2.75) is 66.1 Å². The molecule has 1 aliphatic rings. The summed E-state index contributed by atoms with van der Waals surface area (Å²) in [4.78, 5) is 22.0. The summed E-state index contributed by atoms with van der Waals surface area (Å²) in [5.41, 5.74) is 1.37. The molecule has 1 atom stereocenters. The standard InChI is InChI=1S/C10H17NO4.C8H11F.C7H7Br/c1-10(2,3)15-9(13)11-6-7-4-5-8(12)14-7;1-4-6-8(9)7(3)5-2;1-6-2-4-7(8)5-3-6/h7H,4-6H2,1-3H3,(H,11,13);4-6H,2H2,1,3H3;2-5H,1H3/b;6-4-,8-7+;. The summed E-state index contributed by atoms with van der Waals surface area (Å²) >= 11 is 3.35. The number of hydrogen-bond donors (Lipinski definition) is 1. The number of halogens is 2. The normalized spacial score (nSPS) is 16.0. The SMILES string of the molecule is C=C/C(C)=C(F)\C=C/C.CC(C)(C)OC(=O)NCC1CCC(=O)O1.Cc1ccc(Br)cc1. The lowest BCUT2D eigenvalue weighted by molar-refractivity contribution is -0.141. The summed E-state index contributed by atoms with van der Waals surface area (Å²) in [6.45, 7) is 14.7. The molecule has 0 saturated carbocycles. The van der Waals surface area contributed by atoms with E-state index in [1.165, 1.54) is 17.7 Å². The van der Waals surface area contributed by atoms with Gasteiger partial charge in [0.2, 0.25) is 0 Å². The average molecular weight is 512 g/mol. The third kappa shape index (κ3) is 15.4. The van der Waals surface area contributed by atoms with Crippen molar-refractivity contribution in [3.8, 4) is 0 Å². The maximum atomic E-state index is 12.5. The summed E-state index contributed by atoms with van der Waals surface area (Å²) in [5.74, 6) is -0.418. The zero-order chi connectivity index (χ0) is 24.7. The van der Waals surface area contributed by atoms with Crippen LogP contribution in [-0.2, 0) is 14.3 Å². The minimum absolute atomic E-state index is 0.203. The molecule has 0 aliphatic carbocycles. The highest BCUT2D eigenvalue weighted by Crippen LogP contribution is 2.13. The second kappa shape index (κ2) is 15.4. The van der Waals surface area contributed by atoms with Gasteiger partial charge in [0.1, 0.15) is 17.5 Å². The van der Waals surface area contributed by atoms with Crippen LogP contribution in [-0.4, -0.2) is 30.3 Å². The molecule has 1 aromatic rings. The van der Waals surface area contributed by atoms with Crippen LogP contribution >= 0.6 is 15.9 Å². The fraction of sp³-hybridized carbons (Fsp3) is 0.440. The van der Waals surface area contributed by atoms with Gasteiger partial charge in [0, 0.05) is 10.9 Å². The Balaban J connectivity index is 0.000000485. The smallest absolute Gasteiger partial charge is 0.407 e. The number of ether oxygens (including phenoxy) is 2. The van der Waals surface area contributed by atoms with E-state index in [1.54, 1.807) is 40.7 Å². The minimum atomic E-state index is -0.504. The van der Waals surface area contributed by atoms with E-state index in [9.17, 15) is 14.0 Å². The molecule has 2 rings (SSSR count). The predicted octanol–water partition coefficient (Wildman–Crippen LogP) is 6.97. The molecule has 0 radical (unpaired) electrons. The highest BCUT2D eigenvalue weighted by molar-refractivity contribution is 9.10. The highest BCUT2D eigenvalue weighted by atomic mass is 79.9. The molecule has 1 amide bonds. The molecule has 1 aromatic carbocycles. The second-order valence-electron chi connectivity index (χ2n) is 8.06. The molecule has 1 fully saturated rings. The molecule has 1 aliphatic heterocycles. The van der Waals surface area contributed by atoms with Gasteiger partial charge >= 0.3 is 12.1 Å². The summed E-state index contributed by atoms with van der Waals surface area (Å²) < 4.78 is 23.6. The third-order valence-corrected chi connectivity index (χ3v) is 4.38. The first-order valence-corrected chi connectivity index (χ1v) is 11.2. The number of nitrogens with one attached hydrogen (secondary N) is 1. The number of benzene rings is 1. The number of cyclic esters (lactones) is 1. The Hall–Kier alpha value is -2.41. The lowest BCUT2D eigenvalue weighted by Crippen LogP contribution is -2.36. The highest BCUT2D eigenvalue weighted by Gasteiger charge is 2.24. The van der Waals surface area contributed by atoms with Gasteiger partial charge in [-0.2, -0.15) is 0 Å². The lowest BCUT2D eigenvalue weighted by Gasteiger charge is -2.20. The fourth-order valence-corrected chi connectivity index (χ4v) is 2.41. The maximum absolute atomic E-state index is 12.5. The van der Waals surface area contributed by atoms with E-state index in [0.717, 1.165) is 4.47 Å². The van der Waals surface area contributed by atoms with E-state index in [0.29, 0.717) is 25.0 Å². The van der Waals surface area contributed by atoms with E-state index < -0.39 is 11.7 Å². The minimum Gasteiger partial charge on any atom is -0.460 e. The number of carbonyl (C=O) groups excluding carboxylic acids is 2. The van der Waals surface area contributed by atoms with Gasteiger partial charge < -0.3 is 14.8 Å². The first-order chi connectivity index (χ1) is 14.9. The monoisotopic (exact) mass is 511 g/mol. The topological polar surface area (TPSA) is 64.6 Å². The number of alkyl carbamates (subject to hydrolysis) is 1. The van der Waals surface area contributed by atoms with E-state index >= 15 is 0 Å². The van der Waals surface area contributed by atoms with Gasteiger partial charge in [0.25, 0.3) is 0 Å². The Morgan fingerprint density at radius 3 is 2.34 bits per heavy atom. The van der Waals surface area contributed by atoms with Gasteiger partial charge in [-0.05, 0) is 71.7 Å². The first kappa shape index (κ1) is 29.6. The molecule has 1 saturated heterocycles. The molecule has 1 unspecified atom stereocenters. The summed E-state index contributed by atoms with van der Waals surface area (Å²) in [6, 6.07) is 8.22. The number of carbonyl (C=O) groups is 2. The van der Waals surface area contributed by atoms with Crippen LogP contribution in [0.15, 0.2) is 64.9 Å². The van der Waals surface area contributed by atoms with Gasteiger partial charge in [-0.1, -0.05) is 52.4 Å². The van der Waals surface area contributed by atoms with Crippen LogP contribution in [0, 0.1) is 6.92 Å². The number of allylic oxidation sites excluding steroid dienone is 5. The zero-order valence-corrected chi connectivity index (χ0v) is 21.4. The second-order valence-corrected chi connectivity index (χ2v) is 8.98. The first-order valence-electron chi connectivity index (χ1n) is 10.4. The zero-order valence-electron chi connectivity index (χ0n) is 19.8. The quantitative estimate of drug-likeness (QED) is 0.350. The molecule has 0 bridgehead atoms.